The number of benzene rings is 1. The summed E-state index contributed by atoms with van der Waals surface area (Å²) in [7, 11) is -2.23. The monoisotopic (exact) mass is 431 g/mol. The number of hydrogen-bond donors (Lipinski definition) is 2. The van der Waals surface area contributed by atoms with Gasteiger partial charge in [0.05, 0.1) is 7.11 Å². The molecule has 10 nitrogen and oxygen atoms in total. The molecule has 0 bridgehead atoms. The van der Waals surface area contributed by atoms with E-state index in [-0.39, 0.29) is 29.1 Å². The van der Waals surface area contributed by atoms with E-state index in [1.807, 2.05) is 0 Å². The van der Waals surface area contributed by atoms with Crippen molar-refractivity contribution in [2.45, 2.75) is 24.3 Å². The zero-order valence-electron chi connectivity index (χ0n) is 16.3. The van der Waals surface area contributed by atoms with Crippen molar-refractivity contribution in [3.63, 3.8) is 0 Å². The van der Waals surface area contributed by atoms with Crippen molar-refractivity contribution in [2.75, 3.05) is 20.2 Å². The van der Waals surface area contributed by atoms with Gasteiger partial charge in [0.2, 0.25) is 10.0 Å². The summed E-state index contributed by atoms with van der Waals surface area (Å²) in [6.45, 7) is 1.44. The van der Waals surface area contributed by atoms with Gasteiger partial charge in [-0.25, -0.2) is 13.1 Å². The lowest BCUT2D eigenvalue weighted by molar-refractivity contribution is 0.0754. The number of methoxy groups -OCH3 is 1. The number of carbonyl (C=O) groups is 1. The van der Waals surface area contributed by atoms with Crippen molar-refractivity contribution in [1.29, 1.82) is 0 Å². The predicted octanol–water partition coefficient (Wildman–Crippen LogP) is 1.79. The van der Waals surface area contributed by atoms with Crippen LogP contribution >= 0.6 is 0 Å². The summed E-state index contributed by atoms with van der Waals surface area (Å²) >= 11 is 0. The summed E-state index contributed by atoms with van der Waals surface area (Å²) < 4.78 is 38.3. The number of hydrogen-bond acceptors (Lipinski definition) is 7. The lowest BCUT2D eigenvalue weighted by atomic mass is 10.2. The maximum Gasteiger partial charge on any atom is 0.311 e. The van der Waals surface area contributed by atoms with Crippen LogP contribution in [-0.2, 0) is 16.6 Å². The van der Waals surface area contributed by atoms with E-state index < -0.39 is 10.0 Å². The Morgan fingerprint density at radius 1 is 1.27 bits per heavy atom. The second-order valence-corrected chi connectivity index (χ2v) is 8.60. The fourth-order valence-corrected chi connectivity index (χ4v) is 4.18. The molecule has 1 aliphatic heterocycles. The van der Waals surface area contributed by atoms with E-state index in [0.717, 1.165) is 18.4 Å². The van der Waals surface area contributed by atoms with Gasteiger partial charge in [0.1, 0.15) is 16.3 Å². The molecule has 0 unspecified atom stereocenters. The van der Waals surface area contributed by atoms with Crippen molar-refractivity contribution in [1.82, 2.24) is 24.8 Å². The Hall–Kier alpha value is -3.18. The maximum absolute atomic E-state index is 12.6. The maximum atomic E-state index is 12.6. The molecule has 1 aromatic carbocycles. The van der Waals surface area contributed by atoms with Gasteiger partial charge in [-0.2, -0.15) is 0 Å². The van der Waals surface area contributed by atoms with Crippen LogP contribution in [0.15, 0.2) is 45.8 Å². The van der Waals surface area contributed by atoms with E-state index in [4.69, 9.17) is 9.15 Å². The smallest absolute Gasteiger partial charge is 0.311 e. The zero-order chi connectivity index (χ0) is 21.1. The van der Waals surface area contributed by atoms with Crippen LogP contribution in [0.2, 0.25) is 0 Å². The summed E-state index contributed by atoms with van der Waals surface area (Å²) in [4.78, 5) is 16.8. The fraction of sp³-hybridized carbons (Fsp3) is 0.316. The summed E-state index contributed by atoms with van der Waals surface area (Å²) in [5.41, 5.74) is 1.07. The molecular formula is C19H21N5O5S. The summed E-state index contributed by atoms with van der Waals surface area (Å²) in [5.74, 6) is 0.269. The number of aromatic nitrogens is 3. The minimum absolute atomic E-state index is 0.0195. The van der Waals surface area contributed by atoms with Gasteiger partial charge in [0.25, 0.3) is 5.89 Å². The number of likely N-dealkylation sites (tertiary alicyclic amines) is 1. The Morgan fingerprint density at radius 2 is 2.07 bits per heavy atom. The van der Waals surface area contributed by atoms with Gasteiger partial charge in [-0.15, -0.1) is 10.2 Å². The molecule has 1 saturated heterocycles. The third-order valence-corrected chi connectivity index (χ3v) is 6.18. The molecule has 3 heterocycles. The van der Waals surface area contributed by atoms with Crippen LogP contribution in [0.5, 0.6) is 5.75 Å². The molecule has 2 aromatic heterocycles. The average molecular weight is 431 g/mol. The Labute approximate surface area is 173 Å². The molecule has 1 amide bonds. The van der Waals surface area contributed by atoms with Gasteiger partial charge < -0.3 is 19.0 Å². The second-order valence-electron chi connectivity index (χ2n) is 6.84. The molecule has 4 rings (SSSR count). The third kappa shape index (κ3) is 4.21. The molecule has 0 saturated carbocycles. The zero-order valence-corrected chi connectivity index (χ0v) is 17.1. The largest absolute Gasteiger partial charge is 0.497 e. The van der Waals surface area contributed by atoms with Gasteiger partial charge in [0, 0.05) is 25.8 Å². The molecule has 158 valence electrons. The minimum Gasteiger partial charge on any atom is -0.497 e. The molecule has 1 aliphatic rings. The number of ether oxygens (including phenoxy) is 1. The number of sulfonamides is 1. The second kappa shape index (κ2) is 8.28. The first-order chi connectivity index (χ1) is 14.5. The first-order valence-electron chi connectivity index (χ1n) is 9.40. The average Bonchev–Trinajstić information content (AvgIpc) is 3.52. The van der Waals surface area contributed by atoms with E-state index in [0.29, 0.717) is 24.5 Å². The number of nitrogens with zero attached hydrogens (tertiary/aromatic N) is 3. The van der Waals surface area contributed by atoms with Gasteiger partial charge in [0.15, 0.2) is 0 Å². The Balaban J connectivity index is 1.46. The molecule has 1 fully saturated rings. The minimum atomic E-state index is -3.77. The first kappa shape index (κ1) is 20.1. The van der Waals surface area contributed by atoms with E-state index >= 15 is 0 Å². The molecule has 30 heavy (non-hydrogen) atoms. The van der Waals surface area contributed by atoms with Crippen LogP contribution < -0.4 is 9.46 Å². The topological polar surface area (TPSA) is 130 Å². The first-order valence-corrected chi connectivity index (χ1v) is 10.9. The van der Waals surface area contributed by atoms with Crippen LogP contribution in [0.25, 0.3) is 11.6 Å². The number of carbonyl (C=O) groups excluding carboxylic acids is 1. The van der Waals surface area contributed by atoms with Crippen molar-refractivity contribution in [3.05, 3.63) is 48.0 Å². The Kier molecular flexibility index (Phi) is 5.55. The lowest BCUT2D eigenvalue weighted by Gasteiger charge is -2.11. The highest BCUT2D eigenvalue weighted by Crippen LogP contribution is 2.22. The van der Waals surface area contributed by atoms with Crippen LogP contribution in [-0.4, -0.2) is 54.6 Å². The molecule has 0 aliphatic carbocycles. The molecule has 2 N–H and O–H groups in total. The fourth-order valence-electron chi connectivity index (χ4n) is 3.17. The number of H-pyrrole nitrogens is 1. The standard InChI is InChI=1S/C19H21N5O5S/c1-28-14-6-4-5-13(9-14)11-21-30(26,27)15-10-16(20-12-15)17-22-23-18(29-17)19(25)24-7-2-3-8-24/h4-6,9-10,12,20-21H,2-3,7-8,11H2,1H3. The van der Waals surface area contributed by atoms with Crippen molar-refractivity contribution in [3.8, 4) is 17.3 Å². The summed E-state index contributed by atoms with van der Waals surface area (Å²) in [6.07, 6.45) is 3.23. The van der Waals surface area contributed by atoms with E-state index in [9.17, 15) is 13.2 Å². The molecule has 3 aromatic rings. The SMILES string of the molecule is COc1cccc(CNS(=O)(=O)c2c[nH]c(-c3nnc(C(=O)N4CCCC4)o3)c2)c1. The number of amides is 1. The van der Waals surface area contributed by atoms with E-state index in [1.54, 1.807) is 36.3 Å². The van der Waals surface area contributed by atoms with Crippen LogP contribution in [0.4, 0.5) is 0 Å². The van der Waals surface area contributed by atoms with Crippen LogP contribution in [0.3, 0.4) is 0 Å². The van der Waals surface area contributed by atoms with Crippen molar-refractivity contribution >= 4 is 15.9 Å². The van der Waals surface area contributed by atoms with Gasteiger partial charge in [-0.05, 0) is 36.6 Å². The number of aromatic amines is 1. The number of rotatable bonds is 7. The predicted molar refractivity (Wildman–Crippen MR) is 106 cm³/mol. The van der Waals surface area contributed by atoms with Gasteiger partial charge >= 0.3 is 11.8 Å². The lowest BCUT2D eigenvalue weighted by Crippen LogP contribution is -2.27. The Bertz CT molecular complexity index is 1150. The van der Waals surface area contributed by atoms with Crippen molar-refractivity contribution in [2.24, 2.45) is 0 Å². The summed E-state index contributed by atoms with van der Waals surface area (Å²) in [5, 5.41) is 7.66. The Morgan fingerprint density at radius 3 is 2.83 bits per heavy atom. The molecule has 0 spiro atoms. The highest BCUT2D eigenvalue weighted by atomic mass is 32.2. The highest BCUT2D eigenvalue weighted by Gasteiger charge is 2.25. The molecule has 11 heteroatoms. The van der Waals surface area contributed by atoms with Crippen LogP contribution in [0.1, 0.15) is 29.1 Å². The quantitative estimate of drug-likeness (QED) is 0.583. The van der Waals surface area contributed by atoms with E-state index in [1.165, 1.54) is 12.3 Å². The van der Waals surface area contributed by atoms with E-state index in [2.05, 4.69) is 19.9 Å². The van der Waals surface area contributed by atoms with Crippen molar-refractivity contribution < 1.29 is 22.4 Å². The van der Waals surface area contributed by atoms with Crippen LogP contribution in [0, 0.1) is 0 Å². The third-order valence-electron chi connectivity index (χ3n) is 4.80. The molecular weight excluding hydrogens is 410 g/mol. The van der Waals surface area contributed by atoms with Gasteiger partial charge in [-0.1, -0.05) is 12.1 Å². The van der Waals surface area contributed by atoms with Gasteiger partial charge in [-0.3, -0.25) is 4.79 Å². The molecule has 0 atom stereocenters. The highest BCUT2D eigenvalue weighted by molar-refractivity contribution is 7.89. The number of nitrogens with one attached hydrogen (secondary N) is 2. The summed E-state index contributed by atoms with van der Waals surface area (Å²) in [6, 6.07) is 8.50. The molecule has 0 radical (unpaired) electrons. The normalized spacial score (nSPS) is 14.2.